The lowest BCUT2D eigenvalue weighted by molar-refractivity contribution is 0.0945. The molecule has 3 aromatic rings. The average Bonchev–Trinajstić information content (AvgIpc) is 3.22. The van der Waals surface area contributed by atoms with Crippen molar-refractivity contribution in [3.63, 3.8) is 0 Å². The van der Waals surface area contributed by atoms with E-state index in [9.17, 15) is 18.4 Å². The average molecular weight is 462 g/mol. The third-order valence-electron chi connectivity index (χ3n) is 3.73. The molecule has 0 fully saturated rings. The van der Waals surface area contributed by atoms with E-state index in [0.717, 1.165) is 15.6 Å². The molecule has 0 unspecified atom stereocenters. The Morgan fingerprint density at radius 3 is 2.52 bits per heavy atom. The van der Waals surface area contributed by atoms with E-state index in [-0.39, 0.29) is 34.5 Å². The number of benzene rings is 1. The molecule has 3 N–H and O–H groups in total. The Balaban J connectivity index is 0.00000300. The highest BCUT2D eigenvalue weighted by atomic mass is 35.5. The van der Waals surface area contributed by atoms with Gasteiger partial charge in [0.15, 0.2) is 17.5 Å². The fourth-order valence-corrected chi connectivity index (χ4v) is 3.49. The quantitative estimate of drug-likeness (QED) is 0.499. The van der Waals surface area contributed by atoms with Gasteiger partial charge in [0.2, 0.25) is 0 Å². The fraction of sp³-hybridized carbons (Fsp3) is 0.176. The number of rotatable bonds is 5. The molecule has 12 heteroatoms. The monoisotopic (exact) mass is 461 g/mol. The van der Waals surface area contributed by atoms with Gasteiger partial charge in [0, 0.05) is 10.9 Å². The van der Waals surface area contributed by atoms with Crippen molar-refractivity contribution in [3.8, 4) is 0 Å². The molecular formula is C17H15Cl2F2N5O2S. The molecule has 7 nitrogen and oxygen atoms in total. The van der Waals surface area contributed by atoms with Gasteiger partial charge in [0.05, 0.1) is 27.8 Å². The summed E-state index contributed by atoms with van der Waals surface area (Å²) in [5.74, 6) is -3.56. The first-order valence-corrected chi connectivity index (χ1v) is 9.16. The van der Waals surface area contributed by atoms with Crippen LogP contribution in [-0.4, -0.2) is 27.0 Å². The topological polar surface area (TPSA) is 99.8 Å². The number of hydrogen-bond donors (Lipinski definition) is 3. The molecular weight excluding hydrogens is 447 g/mol. The molecule has 0 aliphatic carbocycles. The predicted octanol–water partition coefficient (Wildman–Crippen LogP) is 4.02. The molecule has 0 aliphatic rings. The Kier molecular flexibility index (Phi) is 7.28. The molecule has 0 radical (unpaired) electrons. The van der Waals surface area contributed by atoms with Gasteiger partial charge < -0.3 is 10.6 Å². The zero-order chi connectivity index (χ0) is 20.4. The van der Waals surface area contributed by atoms with Crippen LogP contribution >= 0.6 is 35.3 Å². The van der Waals surface area contributed by atoms with Crippen molar-refractivity contribution in [2.45, 2.75) is 20.4 Å². The molecule has 3 rings (SSSR count). The van der Waals surface area contributed by atoms with Gasteiger partial charge in [0.25, 0.3) is 11.8 Å². The van der Waals surface area contributed by atoms with Crippen LogP contribution in [0.25, 0.3) is 0 Å². The predicted molar refractivity (Wildman–Crippen MR) is 108 cm³/mol. The van der Waals surface area contributed by atoms with Gasteiger partial charge in [-0.05, 0) is 26.0 Å². The van der Waals surface area contributed by atoms with Crippen molar-refractivity contribution in [2.24, 2.45) is 0 Å². The number of amides is 2. The molecule has 154 valence electrons. The molecule has 0 bridgehead atoms. The third kappa shape index (κ3) is 5.28. The van der Waals surface area contributed by atoms with Crippen LogP contribution < -0.4 is 10.6 Å². The van der Waals surface area contributed by atoms with Crippen LogP contribution in [-0.2, 0) is 6.54 Å². The summed E-state index contributed by atoms with van der Waals surface area (Å²) in [4.78, 5) is 29.6. The molecule has 0 atom stereocenters. The summed E-state index contributed by atoms with van der Waals surface area (Å²) >= 11 is 7.26. The van der Waals surface area contributed by atoms with E-state index in [1.807, 2.05) is 13.8 Å². The minimum atomic E-state index is -1.20. The molecule has 0 saturated carbocycles. The standard InChI is InChI=1S/C17H14ClF2N5O2S.ClH/c1-7-14(28-8(2)22-7)6-21-17(27)13-5-15(25-24-13)23-16(26)9-3-11(19)12(20)4-10(9)18;/h3-5H,6H2,1-2H3,(H,21,27)(H2,23,24,25,26);1H. The third-order valence-corrected chi connectivity index (χ3v) is 5.11. The molecule has 2 aromatic heterocycles. The number of aryl methyl sites for hydroxylation is 2. The van der Waals surface area contributed by atoms with Gasteiger partial charge in [-0.25, -0.2) is 13.8 Å². The normalized spacial score (nSPS) is 10.4. The first-order chi connectivity index (χ1) is 13.2. The summed E-state index contributed by atoms with van der Waals surface area (Å²) in [5.41, 5.74) is 0.708. The van der Waals surface area contributed by atoms with Crippen molar-refractivity contribution in [1.82, 2.24) is 20.5 Å². The first-order valence-electron chi connectivity index (χ1n) is 7.97. The van der Waals surface area contributed by atoms with Crippen molar-refractivity contribution in [3.05, 3.63) is 61.7 Å². The number of halogens is 4. The molecule has 29 heavy (non-hydrogen) atoms. The highest BCUT2D eigenvalue weighted by Gasteiger charge is 2.17. The van der Waals surface area contributed by atoms with Crippen LogP contribution in [0.3, 0.4) is 0 Å². The Morgan fingerprint density at radius 2 is 1.86 bits per heavy atom. The number of aromatic nitrogens is 3. The zero-order valence-corrected chi connectivity index (χ0v) is 17.5. The van der Waals surface area contributed by atoms with E-state index < -0.39 is 23.4 Å². The van der Waals surface area contributed by atoms with E-state index in [1.54, 1.807) is 0 Å². The van der Waals surface area contributed by atoms with E-state index >= 15 is 0 Å². The summed E-state index contributed by atoms with van der Waals surface area (Å²) in [5, 5.41) is 12.1. The summed E-state index contributed by atoms with van der Waals surface area (Å²) in [6.07, 6.45) is 0. The zero-order valence-electron chi connectivity index (χ0n) is 15.1. The van der Waals surface area contributed by atoms with E-state index in [0.29, 0.717) is 18.7 Å². The van der Waals surface area contributed by atoms with Crippen LogP contribution in [0, 0.1) is 25.5 Å². The van der Waals surface area contributed by atoms with E-state index in [4.69, 9.17) is 11.6 Å². The summed E-state index contributed by atoms with van der Waals surface area (Å²) in [6.45, 7) is 4.05. The van der Waals surface area contributed by atoms with Crippen molar-refractivity contribution < 1.29 is 18.4 Å². The van der Waals surface area contributed by atoms with Crippen molar-refractivity contribution in [1.29, 1.82) is 0 Å². The number of hydrogen-bond acceptors (Lipinski definition) is 5. The second-order valence-corrected chi connectivity index (χ2v) is 7.49. The Morgan fingerprint density at radius 1 is 1.17 bits per heavy atom. The number of nitrogens with one attached hydrogen (secondary N) is 3. The second kappa shape index (κ2) is 9.29. The van der Waals surface area contributed by atoms with Gasteiger partial charge in [-0.3, -0.25) is 14.7 Å². The Bertz CT molecular complexity index is 1070. The van der Waals surface area contributed by atoms with Gasteiger partial charge in [0.1, 0.15) is 5.69 Å². The SMILES string of the molecule is Cc1nc(C)c(CNC(=O)c2cc(NC(=O)c3cc(F)c(F)cc3Cl)n[nH]2)s1.Cl. The number of carbonyl (C=O) groups is 2. The number of anilines is 1. The Labute approximate surface area is 179 Å². The lowest BCUT2D eigenvalue weighted by atomic mass is 10.2. The Hall–Kier alpha value is -2.56. The van der Waals surface area contributed by atoms with Gasteiger partial charge in [-0.15, -0.1) is 23.7 Å². The highest BCUT2D eigenvalue weighted by molar-refractivity contribution is 7.11. The summed E-state index contributed by atoms with van der Waals surface area (Å²) in [7, 11) is 0. The summed E-state index contributed by atoms with van der Waals surface area (Å²) in [6, 6.07) is 2.71. The first kappa shape index (κ1) is 22.7. The van der Waals surface area contributed by atoms with E-state index in [2.05, 4.69) is 25.8 Å². The van der Waals surface area contributed by atoms with Crippen LogP contribution in [0.1, 0.15) is 36.4 Å². The summed E-state index contributed by atoms with van der Waals surface area (Å²) < 4.78 is 26.4. The van der Waals surface area contributed by atoms with Crippen LogP contribution in [0.15, 0.2) is 18.2 Å². The number of H-pyrrole nitrogens is 1. The van der Waals surface area contributed by atoms with Gasteiger partial charge in [-0.2, -0.15) is 5.10 Å². The minimum absolute atomic E-state index is 0. The van der Waals surface area contributed by atoms with Crippen LogP contribution in [0.5, 0.6) is 0 Å². The molecule has 0 aliphatic heterocycles. The molecule has 0 saturated heterocycles. The van der Waals surface area contributed by atoms with Crippen molar-refractivity contribution >= 4 is 53.0 Å². The highest BCUT2D eigenvalue weighted by Crippen LogP contribution is 2.21. The maximum atomic E-state index is 13.3. The second-order valence-electron chi connectivity index (χ2n) is 5.79. The number of aromatic amines is 1. The van der Waals surface area contributed by atoms with E-state index in [1.165, 1.54) is 17.4 Å². The molecule has 2 amide bonds. The largest absolute Gasteiger partial charge is 0.346 e. The maximum Gasteiger partial charge on any atom is 0.269 e. The lowest BCUT2D eigenvalue weighted by Crippen LogP contribution is -2.23. The van der Waals surface area contributed by atoms with Crippen LogP contribution in [0.2, 0.25) is 5.02 Å². The maximum absolute atomic E-state index is 13.3. The fourth-order valence-electron chi connectivity index (χ4n) is 2.38. The molecule has 2 heterocycles. The minimum Gasteiger partial charge on any atom is -0.346 e. The number of nitrogens with zero attached hydrogens (tertiary/aromatic N) is 2. The number of thiazole rings is 1. The van der Waals surface area contributed by atoms with Crippen molar-refractivity contribution in [2.75, 3.05) is 5.32 Å². The molecule has 0 spiro atoms. The van der Waals surface area contributed by atoms with Gasteiger partial charge in [-0.1, -0.05) is 11.6 Å². The lowest BCUT2D eigenvalue weighted by Gasteiger charge is -2.05. The smallest absolute Gasteiger partial charge is 0.269 e. The molecule has 1 aromatic carbocycles. The number of carbonyl (C=O) groups excluding carboxylic acids is 2. The van der Waals surface area contributed by atoms with Gasteiger partial charge >= 0.3 is 0 Å². The van der Waals surface area contributed by atoms with Crippen LogP contribution in [0.4, 0.5) is 14.6 Å².